The molecular weight excluding hydrogens is 224 g/mol. The van der Waals surface area contributed by atoms with E-state index in [1.54, 1.807) is 0 Å². The van der Waals surface area contributed by atoms with E-state index in [0.717, 1.165) is 11.3 Å². The second-order valence-corrected chi connectivity index (χ2v) is 4.25. The highest BCUT2D eigenvalue weighted by molar-refractivity contribution is 5.49. The van der Waals surface area contributed by atoms with Crippen molar-refractivity contribution in [1.29, 1.82) is 5.26 Å². The zero-order valence-corrected chi connectivity index (χ0v) is 9.76. The van der Waals surface area contributed by atoms with E-state index < -0.39 is 0 Å². The summed E-state index contributed by atoms with van der Waals surface area (Å²) in [6, 6.07) is 16.0. The highest BCUT2D eigenvalue weighted by Gasteiger charge is 2.23. The molecule has 0 saturated carbocycles. The van der Waals surface area contributed by atoms with Crippen LogP contribution < -0.4 is 5.32 Å². The van der Waals surface area contributed by atoms with E-state index in [1.807, 2.05) is 42.6 Å². The molecule has 0 bridgehead atoms. The maximum Gasteiger partial charge on any atom is 0.181 e. The Balaban J connectivity index is 1.91. The average molecular weight is 236 g/mol. The second kappa shape index (κ2) is 4.52. The number of anilines is 1. The molecule has 3 rings (SSSR count). The topological polar surface area (TPSA) is 45.0 Å². The first kappa shape index (κ1) is 10.8. The number of nitrogens with zero attached hydrogens (tertiary/aromatic N) is 1. The van der Waals surface area contributed by atoms with Crippen LogP contribution in [0.3, 0.4) is 0 Å². The number of hydrogen-bond acceptors (Lipinski definition) is 3. The van der Waals surface area contributed by atoms with Crippen molar-refractivity contribution in [3.63, 3.8) is 0 Å². The monoisotopic (exact) mass is 236 g/mol. The van der Waals surface area contributed by atoms with Gasteiger partial charge in [-0.05, 0) is 28.8 Å². The van der Waals surface area contributed by atoms with Crippen LogP contribution in [0.15, 0.2) is 48.5 Å². The van der Waals surface area contributed by atoms with Gasteiger partial charge in [0, 0.05) is 5.69 Å². The maximum absolute atomic E-state index is 8.54. The number of nitriles is 1. The second-order valence-electron chi connectivity index (χ2n) is 4.25. The lowest BCUT2D eigenvalue weighted by Gasteiger charge is -2.12. The highest BCUT2D eigenvalue weighted by atomic mass is 16.5. The van der Waals surface area contributed by atoms with Crippen molar-refractivity contribution in [3.8, 4) is 6.19 Å². The smallest absolute Gasteiger partial charge is 0.181 e. The normalized spacial score (nSPS) is 16.9. The molecular formula is C15H12N2O. The first-order chi connectivity index (χ1) is 8.88. The van der Waals surface area contributed by atoms with E-state index in [1.165, 1.54) is 11.1 Å². The Hall–Kier alpha value is -2.31. The number of fused-ring (bicyclic) bond motifs is 1. The Morgan fingerprint density at radius 3 is 2.67 bits per heavy atom. The van der Waals surface area contributed by atoms with Crippen LogP contribution in [-0.4, -0.2) is 0 Å². The summed E-state index contributed by atoms with van der Waals surface area (Å²) in [4.78, 5) is 0. The van der Waals surface area contributed by atoms with Gasteiger partial charge in [0.1, 0.15) is 6.10 Å². The third-order valence-electron chi connectivity index (χ3n) is 3.16. The summed E-state index contributed by atoms with van der Waals surface area (Å²) in [7, 11) is 0. The first-order valence-electron chi connectivity index (χ1n) is 5.83. The van der Waals surface area contributed by atoms with Gasteiger partial charge in [0.2, 0.25) is 0 Å². The average Bonchev–Trinajstić information content (AvgIpc) is 2.84. The van der Waals surface area contributed by atoms with Crippen molar-refractivity contribution >= 4 is 5.69 Å². The first-order valence-corrected chi connectivity index (χ1v) is 5.83. The minimum Gasteiger partial charge on any atom is -0.364 e. The summed E-state index contributed by atoms with van der Waals surface area (Å²) in [6.07, 6.45) is 1.92. The third-order valence-corrected chi connectivity index (χ3v) is 3.16. The summed E-state index contributed by atoms with van der Waals surface area (Å²) in [6.45, 7) is 0.666. The molecule has 1 N–H and O–H groups in total. The van der Waals surface area contributed by atoms with Gasteiger partial charge in [0.25, 0.3) is 0 Å². The minimum atomic E-state index is 0.0114. The molecule has 1 atom stereocenters. The fourth-order valence-corrected chi connectivity index (χ4v) is 2.27. The molecule has 0 saturated heterocycles. The molecule has 3 nitrogen and oxygen atoms in total. The lowest BCUT2D eigenvalue weighted by molar-refractivity contribution is 0.0939. The fraction of sp³-hybridized carbons (Fsp3) is 0.133. The third kappa shape index (κ3) is 1.83. The summed E-state index contributed by atoms with van der Waals surface area (Å²) < 4.78 is 5.82. The molecule has 0 aliphatic carbocycles. The Labute approximate surface area is 106 Å². The quantitative estimate of drug-likeness (QED) is 0.643. The molecule has 0 aromatic heterocycles. The number of ether oxygens (including phenoxy) is 1. The number of rotatable bonds is 2. The van der Waals surface area contributed by atoms with E-state index in [-0.39, 0.29) is 6.10 Å². The van der Waals surface area contributed by atoms with Crippen LogP contribution in [-0.2, 0) is 11.3 Å². The lowest BCUT2D eigenvalue weighted by Crippen LogP contribution is -1.98. The van der Waals surface area contributed by atoms with Crippen LogP contribution in [0, 0.1) is 11.5 Å². The van der Waals surface area contributed by atoms with E-state index in [9.17, 15) is 0 Å². The van der Waals surface area contributed by atoms with Gasteiger partial charge in [-0.1, -0.05) is 36.4 Å². The summed E-state index contributed by atoms with van der Waals surface area (Å²) in [5.41, 5.74) is 4.40. The van der Waals surface area contributed by atoms with Gasteiger partial charge >= 0.3 is 0 Å². The van der Waals surface area contributed by atoms with Crippen LogP contribution in [0.25, 0.3) is 0 Å². The molecule has 0 radical (unpaired) electrons. The molecule has 0 fully saturated rings. The fourth-order valence-electron chi connectivity index (χ4n) is 2.27. The number of nitrogens with one attached hydrogen (secondary N) is 1. The van der Waals surface area contributed by atoms with E-state index in [2.05, 4.69) is 17.4 Å². The SMILES string of the molecule is N#CNc1ccc(C2OCc3ccccc32)cc1. The molecule has 0 spiro atoms. The van der Waals surface area contributed by atoms with Crippen molar-refractivity contribution < 1.29 is 4.74 Å². The Morgan fingerprint density at radius 1 is 1.11 bits per heavy atom. The molecule has 1 aliphatic heterocycles. The van der Waals surface area contributed by atoms with Crippen LogP contribution in [0.2, 0.25) is 0 Å². The van der Waals surface area contributed by atoms with Crippen LogP contribution >= 0.6 is 0 Å². The zero-order valence-electron chi connectivity index (χ0n) is 9.76. The van der Waals surface area contributed by atoms with Crippen molar-refractivity contribution in [3.05, 3.63) is 65.2 Å². The molecule has 0 amide bonds. The molecule has 88 valence electrons. The van der Waals surface area contributed by atoms with Crippen molar-refractivity contribution in [2.45, 2.75) is 12.7 Å². The van der Waals surface area contributed by atoms with Gasteiger partial charge in [0.05, 0.1) is 6.61 Å². The molecule has 1 aliphatic rings. The van der Waals surface area contributed by atoms with Gasteiger partial charge in [-0.2, -0.15) is 5.26 Å². The van der Waals surface area contributed by atoms with Crippen LogP contribution in [0.1, 0.15) is 22.8 Å². The Bertz CT molecular complexity index is 599. The predicted octanol–water partition coefficient (Wildman–Crippen LogP) is 3.20. The molecule has 2 aromatic carbocycles. The van der Waals surface area contributed by atoms with E-state index >= 15 is 0 Å². The van der Waals surface area contributed by atoms with E-state index in [4.69, 9.17) is 10.00 Å². The zero-order chi connectivity index (χ0) is 12.4. The van der Waals surface area contributed by atoms with Crippen LogP contribution in [0.5, 0.6) is 0 Å². The lowest BCUT2D eigenvalue weighted by atomic mass is 9.99. The molecule has 3 heteroatoms. The predicted molar refractivity (Wildman–Crippen MR) is 68.8 cm³/mol. The van der Waals surface area contributed by atoms with Gasteiger partial charge in [-0.15, -0.1) is 0 Å². The largest absolute Gasteiger partial charge is 0.364 e. The molecule has 1 unspecified atom stereocenters. The van der Waals surface area contributed by atoms with Gasteiger partial charge in [0.15, 0.2) is 6.19 Å². The van der Waals surface area contributed by atoms with Crippen molar-refractivity contribution in [2.75, 3.05) is 5.32 Å². The molecule has 1 heterocycles. The molecule has 2 aromatic rings. The van der Waals surface area contributed by atoms with Gasteiger partial charge < -0.3 is 4.74 Å². The van der Waals surface area contributed by atoms with Crippen molar-refractivity contribution in [2.24, 2.45) is 0 Å². The highest BCUT2D eigenvalue weighted by Crippen LogP contribution is 2.35. The Kier molecular flexibility index (Phi) is 2.71. The summed E-state index contributed by atoms with van der Waals surface area (Å²) in [5, 5.41) is 11.2. The van der Waals surface area contributed by atoms with Crippen molar-refractivity contribution in [1.82, 2.24) is 0 Å². The molecule has 18 heavy (non-hydrogen) atoms. The van der Waals surface area contributed by atoms with Gasteiger partial charge in [-0.3, -0.25) is 5.32 Å². The summed E-state index contributed by atoms with van der Waals surface area (Å²) in [5.74, 6) is 0. The standard InChI is InChI=1S/C15H12N2O/c16-10-17-13-7-5-11(6-8-13)15-14-4-2-1-3-12(14)9-18-15/h1-8,15,17H,9H2. The Morgan fingerprint density at radius 2 is 1.89 bits per heavy atom. The van der Waals surface area contributed by atoms with Crippen LogP contribution in [0.4, 0.5) is 5.69 Å². The maximum atomic E-state index is 8.54. The van der Waals surface area contributed by atoms with Gasteiger partial charge in [-0.25, -0.2) is 0 Å². The number of benzene rings is 2. The van der Waals surface area contributed by atoms with E-state index in [0.29, 0.717) is 6.61 Å². The summed E-state index contributed by atoms with van der Waals surface area (Å²) >= 11 is 0. The number of hydrogen-bond donors (Lipinski definition) is 1. The minimum absolute atomic E-state index is 0.0114.